The Morgan fingerprint density at radius 1 is 1.44 bits per heavy atom. The van der Waals surface area contributed by atoms with Crippen LogP contribution in [0.4, 0.5) is 0 Å². The van der Waals surface area contributed by atoms with Crippen molar-refractivity contribution in [1.29, 1.82) is 0 Å². The second-order valence-electron chi connectivity index (χ2n) is 3.36. The van der Waals surface area contributed by atoms with Gasteiger partial charge in [0.05, 0.1) is 6.26 Å². The first-order valence-corrected chi connectivity index (χ1v) is 6.33. The van der Waals surface area contributed by atoms with Gasteiger partial charge in [-0.05, 0) is 19.1 Å². The monoisotopic (exact) mass is 244 g/mol. The molecule has 0 saturated heterocycles. The molecule has 0 spiro atoms. The normalized spacial score (nSPS) is 13.2. The minimum absolute atomic E-state index is 0.0500. The molecule has 1 aromatic carbocycles. The van der Waals surface area contributed by atoms with Crippen molar-refractivity contribution in [2.24, 2.45) is 0 Å². The van der Waals surface area contributed by atoms with Crippen LogP contribution < -0.4 is 4.18 Å². The van der Waals surface area contributed by atoms with Crippen molar-refractivity contribution < 1.29 is 22.5 Å². The van der Waals surface area contributed by atoms with E-state index in [2.05, 4.69) is 4.18 Å². The molecule has 6 heteroatoms. The fraction of sp³-hybridized carbons (Fsp3) is 0.300. The highest BCUT2D eigenvalue weighted by Gasteiger charge is 2.13. The average molecular weight is 244 g/mol. The lowest BCUT2D eigenvalue weighted by Crippen LogP contribution is -2.16. The molecule has 1 unspecified atom stereocenters. The van der Waals surface area contributed by atoms with Crippen LogP contribution in [-0.4, -0.2) is 31.7 Å². The Morgan fingerprint density at radius 2 is 2.06 bits per heavy atom. The maximum absolute atomic E-state index is 11.4. The quantitative estimate of drug-likeness (QED) is 0.619. The lowest BCUT2D eigenvalue weighted by Gasteiger charge is -2.06. The number of ketones is 1. The summed E-state index contributed by atoms with van der Waals surface area (Å²) in [5.74, 6) is -0.437. The third kappa shape index (κ3) is 3.63. The molecule has 0 aliphatic heterocycles. The molecule has 0 aliphatic carbocycles. The van der Waals surface area contributed by atoms with E-state index in [9.17, 15) is 13.2 Å². The van der Waals surface area contributed by atoms with Gasteiger partial charge in [0.2, 0.25) is 0 Å². The molecule has 0 aliphatic rings. The lowest BCUT2D eigenvalue weighted by atomic mass is 10.1. The number of benzene rings is 1. The van der Waals surface area contributed by atoms with Gasteiger partial charge in [-0.2, -0.15) is 8.42 Å². The Labute approximate surface area is 93.8 Å². The van der Waals surface area contributed by atoms with E-state index in [1.807, 2.05) is 0 Å². The van der Waals surface area contributed by atoms with Crippen molar-refractivity contribution >= 4 is 15.9 Å². The fourth-order valence-corrected chi connectivity index (χ4v) is 1.57. The van der Waals surface area contributed by atoms with E-state index in [4.69, 9.17) is 5.11 Å². The largest absolute Gasteiger partial charge is 0.385 e. The van der Waals surface area contributed by atoms with E-state index in [-0.39, 0.29) is 11.3 Å². The van der Waals surface area contributed by atoms with E-state index in [1.54, 1.807) is 0 Å². The van der Waals surface area contributed by atoms with Crippen molar-refractivity contribution in [3.63, 3.8) is 0 Å². The maximum Gasteiger partial charge on any atom is 0.306 e. The highest BCUT2D eigenvalue weighted by atomic mass is 32.2. The first kappa shape index (κ1) is 12.7. The van der Waals surface area contributed by atoms with E-state index in [0.717, 1.165) is 6.26 Å². The molecule has 1 atom stereocenters. The van der Waals surface area contributed by atoms with Crippen LogP contribution in [0.1, 0.15) is 17.3 Å². The van der Waals surface area contributed by atoms with Crippen LogP contribution in [0.5, 0.6) is 5.75 Å². The van der Waals surface area contributed by atoms with Gasteiger partial charge in [0.15, 0.2) is 5.78 Å². The number of aliphatic hydroxyl groups excluding tert-OH is 1. The Kier molecular flexibility index (Phi) is 3.66. The van der Waals surface area contributed by atoms with Gasteiger partial charge in [0, 0.05) is 5.56 Å². The van der Waals surface area contributed by atoms with Gasteiger partial charge < -0.3 is 9.29 Å². The van der Waals surface area contributed by atoms with Gasteiger partial charge in [-0.1, -0.05) is 12.1 Å². The van der Waals surface area contributed by atoms with Crippen LogP contribution >= 0.6 is 0 Å². The number of hydrogen-bond donors (Lipinski definition) is 1. The molecule has 0 aromatic heterocycles. The molecule has 0 fully saturated rings. The molecular formula is C10H12O5S. The third-order valence-corrected chi connectivity index (χ3v) is 2.24. The predicted molar refractivity (Wildman–Crippen MR) is 57.9 cm³/mol. The molecule has 5 nitrogen and oxygen atoms in total. The molecule has 1 N–H and O–H groups in total. The summed E-state index contributed by atoms with van der Waals surface area (Å²) in [5, 5.41) is 9.09. The number of Topliss-reactive ketones (excluding diaryl/α,β-unsaturated/α-hetero) is 1. The number of carbonyl (C=O) groups is 1. The van der Waals surface area contributed by atoms with Crippen LogP contribution in [0.25, 0.3) is 0 Å². The molecule has 1 aromatic rings. The topological polar surface area (TPSA) is 80.7 Å². The van der Waals surface area contributed by atoms with Gasteiger partial charge >= 0.3 is 10.1 Å². The molecule has 1 rings (SSSR count). The summed E-state index contributed by atoms with van der Waals surface area (Å²) in [4.78, 5) is 11.4. The second-order valence-corrected chi connectivity index (χ2v) is 4.93. The second kappa shape index (κ2) is 4.63. The zero-order chi connectivity index (χ0) is 12.3. The third-order valence-electron chi connectivity index (χ3n) is 1.75. The summed E-state index contributed by atoms with van der Waals surface area (Å²) in [7, 11) is -3.61. The number of hydrogen-bond acceptors (Lipinski definition) is 5. The molecule has 0 amide bonds. The summed E-state index contributed by atoms with van der Waals surface area (Å²) in [5.41, 5.74) is 0.205. The van der Waals surface area contributed by atoms with Gasteiger partial charge in [-0.3, -0.25) is 4.79 Å². The average Bonchev–Trinajstić information content (AvgIpc) is 2.14. The summed E-state index contributed by atoms with van der Waals surface area (Å²) in [6.07, 6.45) is -0.218. The van der Waals surface area contributed by atoms with Gasteiger partial charge in [0.1, 0.15) is 11.9 Å². The highest BCUT2D eigenvalue weighted by Crippen LogP contribution is 2.16. The number of rotatable bonds is 4. The van der Waals surface area contributed by atoms with Crippen molar-refractivity contribution in [2.45, 2.75) is 13.0 Å². The molecule has 0 heterocycles. The van der Waals surface area contributed by atoms with Crippen LogP contribution in [0.2, 0.25) is 0 Å². The standard InChI is InChI=1S/C10H12O5S/c1-7(11)10(12)8-4-3-5-9(6-8)15-16(2,13)14/h3-7,11H,1-2H3. The molecule has 0 bridgehead atoms. The van der Waals surface area contributed by atoms with Crippen LogP contribution in [-0.2, 0) is 10.1 Å². The van der Waals surface area contributed by atoms with Crippen molar-refractivity contribution in [3.05, 3.63) is 29.8 Å². The van der Waals surface area contributed by atoms with E-state index in [1.165, 1.54) is 31.2 Å². The molecule has 0 radical (unpaired) electrons. The Bertz CT molecular complexity index is 490. The molecular weight excluding hydrogens is 232 g/mol. The zero-order valence-electron chi connectivity index (χ0n) is 8.88. The molecule has 88 valence electrons. The first-order chi connectivity index (χ1) is 7.29. The molecule has 0 saturated carbocycles. The minimum atomic E-state index is -3.61. The highest BCUT2D eigenvalue weighted by molar-refractivity contribution is 7.86. The summed E-state index contributed by atoms with van der Waals surface area (Å²) < 4.78 is 26.3. The van der Waals surface area contributed by atoms with Crippen molar-refractivity contribution in [1.82, 2.24) is 0 Å². The Morgan fingerprint density at radius 3 is 2.56 bits per heavy atom. The summed E-state index contributed by atoms with van der Waals surface area (Å²) >= 11 is 0. The van der Waals surface area contributed by atoms with Crippen LogP contribution in [0.15, 0.2) is 24.3 Å². The zero-order valence-corrected chi connectivity index (χ0v) is 9.69. The first-order valence-electron chi connectivity index (χ1n) is 4.51. The molecule has 16 heavy (non-hydrogen) atoms. The fourth-order valence-electron chi connectivity index (χ4n) is 1.12. The number of carbonyl (C=O) groups excluding carboxylic acids is 1. The predicted octanol–water partition coefficient (Wildman–Crippen LogP) is 0.589. The minimum Gasteiger partial charge on any atom is -0.385 e. The number of aliphatic hydroxyl groups is 1. The Balaban J connectivity index is 3.00. The Hall–Kier alpha value is -1.40. The maximum atomic E-state index is 11.4. The van der Waals surface area contributed by atoms with Crippen LogP contribution in [0, 0.1) is 0 Å². The van der Waals surface area contributed by atoms with Crippen LogP contribution in [0.3, 0.4) is 0 Å². The summed E-state index contributed by atoms with van der Waals surface area (Å²) in [6, 6.07) is 5.65. The lowest BCUT2D eigenvalue weighted by molar-refractivity contribution is 0.0779. The van der Waals surface area contributed by atoms with Gasteiger partial charge in [-0.25, -0.2) is 0 Å². The van der Waals surface area contributed by atoms with Gasteiger partial charge in [0.25, 0.3) is 0 Å². The van der Waals surface area contributed by atoms with E-state index < -0.39 is 22.0 Å². The SMILES string of the molecule is CC(O)C(=O)c1cccc(OS(C)(=O)=O)c1. The smallest absolute Gasteiger partial charge is 0.306 e. The van der Waals surface area contributed by atoms with E-state index in [0.29, 0.717) is 0 Å². The van der Waals surface area contributed by atoms with E-state index >= 15 is 0 Å². The van der Waals surface area contributed by atoms with Crippen molar-refractivity contribution in [3.8, 4) is 5.75 Å². The van der Waals surface area contributed by atoms with Gasteiger partial charge in [-0.15, -0.1) is 0 Å². The summed E-state index contributed by atoms with van der Waals surface area (Å²) in [6.45, 7) is 1.34. The van der Waals surface area contributed by atoms with Crippen molar-refractivity contribution in [2.75, 3.05) is 6.26 Å².